The van der Waals surface area contributed by atoms with Gasteiger partial charge in [-0.1, -0.05) is 0 Å². The van der Waals surface area contributed by atoms with E-state index in [1.807, 2.05) is 0 Å². The molecule has 56 valence electrons. The van der Waals surface area contributed by atoms with Gasteiger partial charge in [0, 0.05) is 0 Å². The Morgan fingerprint density at radius 1 is 1.91 bits per heavy atom. The van der Waals surface area contributed by atoms with E-state index in [2.05, 4.69) is 14.1 Å². The van der Waals surface area contributed by atoms with Crippen LogP contribution in [0.2, 0.25) is 0 Å². The minimum Gasteiger partial charge on any atom is -0.451 e. The highest BCUT2D eigenvalue weighted by Crippen LogP contribution is 1.96. The number of rotatable bonds is 2. The van der Waals surface area contributed by atoms with Crippen molar-refractivity contribution in [2.24, 2.45) is 0 Å². The van der Waals surface area contributed by atoms with Gasteiger partial charge < -0.3 is 9.15 Å². The van der Waals surface area contributed by atoms with Crippen LogP contribution in [0.25, 0.3) is 0 Å². The summed E-state index contributed by atoms with van der Waals surface area (Å²) in [6.07, 6.45) is 2.27. The van der Waals surface area contributed by atoms with Crippen molar-refractivity contribution in [2.45, 2.75) is 0 Å². The molecule has 1 rings (SSSR count). The van der Waals surface area contributed by atoms with Crippen molar-refractivity contribution >= 4 is 5.97 Å². The normalized spacial score (nSPS) is 8.64. The average Bonchev–Trinajstić information content (AvgIpc) is 2.52. The summed E-state index contributed by atoms with van der Waals surface area (Å²) < 4.78 is 8.93. The number of hydrogen-bond donors (Lipinski definition) is 0. The predicted octanol–water partition coefficient (Wildman–Crippen LogP) is 0.355. The quantitative estimate of drug-likeness (QED) is 0.571. The largest absolute Gasteiger partial charge is 0.451 e. The van der Waals surface area contributed by atoms with Gasteiger partial charge in [-0.15, -0.1) is 0 Å². The Hall–Kier alpha value is -1.83. The van der Waals surface area contributed by atoms with Gasteiger partial charge in [0.1, 0.15) is 12.3 Å². The van der Waals surface area contributed by atoms with Crippen LogP contribution >= 0.6 is 0 Å². The van der Waals surface area contributed by atoms with E-state index in [0.29, 0.717) is 0 Å². The van der Waals surface area contributed by atoms with Gasteiger partial charge in [-0.25, -0.2) is 9.78 Å². The number of nitriles is 1. The van der Waals surface area contributed by atoms with Crippen molar-refractivity contribution in [2.75, 3.05) is 6.61 Å². The summed E-state index contributed by atoms with van der Waals surface area (Å²) in [5.74, 6) is -0.653. The molecule has 1 aromatic rings. The number of ether oxygens (including phenoxy) is 1. The van der Waals surface area contributed by atoms with Crippen LogP contribution in [0.5, 0.6) is 0 Å². The maximum atomic E-state index is 10.8. The van der Waals surface area contributed by atoms with Crippen LogP contribution in [0.15, 0.2) is 17.1 Å². The van der Waals surface area contributed by atoms with Crippen LogP contribution in [0.1, 0.15) is 10.5 Å². The highest BCUT2D eigenvalue weighted by atomic mass is 16.5. The van der Waals surface area contributed by atoms with E-state index in [1.165, 1.54) is 0 Å². The van der Waals surface area contributed by atoms with Crippen molar-refractivity contribution < 1.29 is 13.9 Å². The van der Waals surface area contributed by atoms with Crippen LogP contribution in [0.4, 0.5) is 0 Å². The summed E-state index contributed by atoms with van der Waals surface area (Å²) in [6.45, 7) is -0.272. The molecule has 0 fully saturated rings. The van der Waals surface area contributed by atoms with E-state index in [1.54, 1.807) is 6.07 Å². The molecule has 0 amide bonds. The number of hydrogen-bond acceptors (Lipinski definition) is 5. The molecule has 0 radical (unpaired) electrons. The summed E-state index contributed by atoms with van der Waals surface area (Å²) in [7, 11) is 0. The number of nitrogens with zero attached hydrogens (tertiary/aromatic N) is 2. The zero-order chi connectivity index (χ0) is 8.10. The van der Waals surface area contributed by atoms with Gasteiger partial charge in [-0.2, -0.15) is 5.26 Å². The second-order valence-electron chi connectivity index (χ2n) is 1.61. The van der Waals surface area contributed by atoms with Gasteiger partial charge in [0.25, 0.3) is 0 Å². The SMILES string of the molecule is N#CCOC(=O)c1cocn1. The standard InChI is InChI=1S/C6H4N2O3/c7-1-2-11-6(9)5-3-10-4-8-5/h3-4H,2H2. The van der Waals surface area contributed by atoms with Crippen LogP contribution in [0.3, 0.4) is 0 Å². The second-order valence-corrected chi connectivity index (χ2v) is 1.61. The van der Waals surface area contributed by atoms with Crippen molar-refractivity contribution in [1.82, 2.24) is 4.98 Å². The third kappa shape index (κ3) is 1.79. The molecule has 11 heavy (non-hydrogen) atoms. The number of carbonyl (C=O) groups excluding carboxylic acids is 1. The first-order valence-electron chi connectivity index (χ1n) is 2.77. The third-order valence-electron chi connectivity index (χ3n) is 0.909. The summed E-state index contributed by atoms with van der Waals surface area (Å²) in [6, 6.07) is 1.66. The lowest BCUT2D eigenvalue weighted by atomic mass is 10.5. The van der Waals surface area contributed by atoms with Crippen molar-refractivity contribution in [3.63, 3.8) is 0 Å². The smallest absolute Gasteiger partial charge is 0.361 e. The van der Waals surface area contributed by atoms with Crippen LogP contribution in [-0.2, 0) is 4.74 Å². The van der Waals surface area contributed by atoms with Crippen molar-refractivity contribution in [3.05, 3.63) is 18.4 Å². The number of esters is 1. The highest BCUT2D eigenvalue weighted by Gasteiger charge is 2.08. The zero-order valence-corrected chi connectivity index (χ0v) is 5.48. The topological polar surface area (TPSA) is 76.1 Å². The summed E-state index contributed by atoms with van der Waals surface area (Å²) in [5, 5.41) is 8.04. The fraction of sp³-hybridized carbons (Fsp3) is 0.167. The van der Waals surface area contributed by atoms with E-state index in [4.69, 9.17) is 5.26 Å². The highest BCUT2D eigenvalue weighted by molar-refractivity contribution is 5.86. The fourth-order valence-corrected chi connectivity index (χ4v) is 0.485. The first kappa shape index (κ1) is 7.28. The van der Waals surface area contributed by atoms with Crippen LogP contribution < -0.4 is 0 Å². The first-order valence-corrected chi connectivity index (χ1v) is 2.77. The van der Waals surface area contributed by atoms with Gasteiger partial charge in [0.2, 0.25) is 0 Å². The van der Waals surface area contributed by atoms with E-state index in [9.17, 15) is 4.79 Å². The number of carbonyl (C=O) groups is 1. The molecule has 1 aromatic heterocycles. The van der Waals surface area contributed by atoms with Gasteiger partial charge in [-0.05, 0) is 0 Å². The van der Waals surface area contributed by atoms with Crippen molar-refractivity contribution in [1.29, 1.82) is 5.26 Å². The minimum absolute atomic E-state index is 0.0697. The maximum absolute atomic E-state index is 10.8. The maximum Gasteiger partial charge on any atom is 0.361 e. The molecule has 0 aliphatic rings. The average molecular weight is 152 g/mol. The molecule has 0 saturated heterocycles. The Kier molecular flexibility index (Phi) is 2.23. The monoisotopic (exact) mass is 152 g/mol. The van der Waals surface area contributed by atoms with Gasteiger partial charge >= 0.3 is 5.97 Å². The molecule has 0 bridgehead atoms. The summed E-state index contributed by atoms with van der Waals surface area (Å²) in [5.41, 5.74) is 0.0697. The molecule has 5 nitrogen and oxygen atoms in total. The van der Waals surface area contributed by atoms with Crippen LogP contribution in [0, 0.1) is 11.3 Å². The minimum atomic E-state index is -0.653. The first-order chi connectivity index (χ1) is 5.34. The molecule has 0 N–H and O–H groups in total. The molecule has 5 heteroatoms. The molecule has 0 unspecified atom stereocenters. The Labute approximate surface area is 62.2 Å². The molecule has 0 atom stereocenters. The number of oxazole rings is 1. The second kappa shape index (κ2) is 3.37. The lowest BCUT2D eigenvalue weighted by Gasteiger charge is -1.92. The Bertz CT molecular complexity index is 273. The molecule has 0 aliphatic carbocycles. The molecule has 0 aliphatic heterocycles. The predicted molar refractivity (Wildman–Crippen MR) is 32.4 cm³/mol. The van der Waals surface area contributed by atoms with Crippen LogP contribution in [-0.4, -0.2) is 17.6 Å². The van der Waals surface area contributed by atoms with E-state index >= 15 is 0 Å². The molecular weight excluding hydrogens is 148 g/mol. The fourth-order valence-electron chi connectivity index (χ4n) is 0.485. The van der Waals surface area contributed by atoms with E-state index in [0.717, 1.165) is 12.7 Å². The number of aromatic nitrogens is 1. The third-order valence-corrected chi connectivity index (χ3v) is 0.909. The Morgan fingerprint density at radius 2 is 2.73 bits per heavy atom. The van der Waals surface area contributed by atoms with E-state index < -0.39 is 5.97 Å². The van der Waals surface area contributed by atoms with Crippen molar-refractivity contribution in [3.8, 4) is 6.07 Å². The molecule has 1 heterocycles. The zero-order valence-electron chi connectivity index (χ0n) is 5.48. The lowest BCUT2D eigenvalue weighted by Crippen LogP contribution is -2.05. The summed E-state index contributed by atoms with van der Waals surface area (Å²) in [4.78, 5) is 14.3. The Balaban J connectivity index is 2.51. The summed E-state index contributed by atoms with van der Waals surface area (Å²) >= 11 is 0. The van der Waals surface area contributed by atoms with Gasteiger partial charge in [-0.3, -0.25) is 0 Å². The molecule has 0 aromatic carbocycles. The van der Waals surface area contributed by atoms with Gasteiger partial charge in [0.15, 0.2) is 18.7 Å². The lowest BCUT2D eigenvalue weighted by molar-refractivity contribution is 0.0548. The van der Waals surface area contributed by atoms with E-state index in [-0.39, 0.29) is 12.3 Å². The van der Waals surface area contributed by atoms with Gasteiger partial charge in [0.05, 0.1) is 0 Å². The Morgan fingerprint density at radius 3 is 3.27 bits per heavy atom. The molecular formula is C6H4N2O3. The molecule has 0 saturated carbocycles. The molecule has 0 spiro atoms.